The normalized spacial score (nSPS) is 10.6. The van der Waals surface area contributed by atoms with Gasteiger partial charge < -0.3 is 5.32 Å². The minimum atomic E-state index is -0.278. The van der Waals surface area contributed by atoms with E-state index in [1.807, 2.05) is 48.5 Å². The van der Waals surface area contributed by atoms with Crippen LogP contribution in [0.5, 0.6) is 0 Å². The molecule has 0 fully saturated rings. The Kier molecular flexibility index (Phi) is 3.05. The van der Waals surface area contributed by atoms with Crippen LogP contribution in [0.2, 0.25) is 0 Å². The van der Waals surface area contributed by atoms with Gasteiger partial charge in [-0.2, -0.15) is 9.78 Å². The topological polar surface area (TPSA) is 46.9 Å². The molecule has 94 valence electrons. The summed E-state index contributed by atoms with van der Waals surface area (Å²) in [5, 5.41) is 7.85. The fourth-order valence-corrected chi connectivity index (χ4v) is 2.28. The lowest BCUT2D eigenvalue weighted by molar-refractivity contribution is 0.252. The SMILES string of the molecule is O=C(Nc1cccc(Br)c1)n1ncc2ccccc21. The van der Waals surface area contributed by atoms with Gasteiger partial charge in [0.15, 0.2) is 0 Å². The number of carbonyl (C=O) groups excluding carboxylic acids is 1. The quantitative estimate of drug-likeness (QED) is 0.740. The Bertz CT molecular complexity index is 751. The molecule has 2 aromatic carbocycles. The molecular formula is C14H10BrN3O. The fourth-order valence-electron chi connectivity index (χ4n) is 1.88. The first kappa shape index (κ1) is 11.9. The molecule has 1 heterocycles. The summed E-state index contributed by atoms with van der Waals surface area (Å²) in [4.78, 5) is 12.2. The summed E-state index contributed by atoms with van der Waals surface area (Å²) in [6.07, 6.45) is 1.68. The number of para-hydroxylation sites is 1. The highest BCUT2D eigenvalue weighted by molar-refractivity contribution is 9.10. The molecule has 0 spiro atoms. The Labute approximate surface area is 118 Å². The summed E-state index contributed by atoms with van der Waals surface area (Å²) in [5.41, 5.74) is 1.51. The van der Waals surface area contributed by atoms with Crippen molar-refractivity contribution in [1.82, 2.24) is 9.78 Å². The Balaban J connectivity index is 1.92. The monoisotopic (exact) mass is 315 g/mol. The van der Waals surface area contributed by atoms with Crippen LogP contribution in [0.15, 0.2) is 59.2 Å². The van der Waals surface area contributed by atoms with Gasteiger partial charge >= 0.3 is 6.03 Å². The third-order valence-electron chi connectivity index (χ3n) is 2.75. The number of halogens is 1. The van der Waals surface area contributed by atoms with Crippen molar-refractivity contribution in [2.45, 2.75) is 0 Å². The van der Waals surface area contributed by atoms with Gasteiger partial charge in [0.1, 0.15) is 0 Å². The zero-order valence-corrected chi connectivity index (χ0v) is 11.5. The second kappa shape index (κ2) is 4.85. The van der Waals surface area contributed by atoms with E-state index in [-0.39, 0.29) is 6.03 Å². The Hall–Kier alpha value is -2.14. The zero-order valence-electron chi connectivity index (χ0n) is 9.88. The highest BCUT2D eigenvalue weighted by Gasteiger charge is 2.10. The minimum Gasteiger partial charge on any atom is -0.306 e. The van der Waals surface area contributed by atoms with Crippen LogP contribution in [0.1, 0.15) is 0 Å². The molecule has 0 unspecified atom stereocenters. The van der Waals surface area contributed by atoms with Crippen LogP contribution in [-0.2, 0) is 0 Å². The van der Waals surface area contributed by atoms with Gasteiger partial charge in [-0.15, -0.1) is 0 Å². The van der Waals surface area contributed by atoms with E-state index in [4.69, 9.17) is 0 Å². The van der Waals surface area contributed by atoms with Gasteiger partial charge in [-0.3, -0.25) is 0 Å². The van der Waals surface area contributed by atoms with Crippen LogP contribution in [0.4, 0.5) is 10.5 Å². The lowest BCUT2D eigenvalue weighted by Gasteiger charge is -2.06. The van der Waals surface area contributed by atoms with Crippen LogP contribution in [0, 0.1) is 0 Å². The number of nitrogens with one attached hydrogen (secondary N) is 1. The first-order valence-electron chi connectivity index (χ1n) is 5.74. The largest absolute Gasteiger partial charge is 0.347 e. The lowest BCUT2D eigenvalue weighted by atomic mass is 10.3. The van der Waals surface area contributed by atoms with Gasteiger partial charge in [0.05, 0.1) is 11.7 Å². The molecule has 5 heteroatoms. The van der Waals surface area contributed by atoms with Gasteiger partial charge in [0.2, 0.25) is 0 Å². The number of rotatable bonds is 1. The number of aromatic nitrogens is 2. The lowest BCUT2D eigenvalue weighted by Crippen LogP contribution is -2.20. The maximum absolute atomic E-state index is 12.2. The summed E-state index contributed by atoms with van der Waals surface area (Å²) in [7, 11) is 0. The number of hydrogen-bond donors (Lipinski definition) is 1. The van der Waals surface area contributed by atoms with Crippen LogP contribution >= 0.6 is 15.9 Å². The molecule has 0 bridgehead atoms. The molecule has 1 amide bonds. The second-order valence-corrected chi connectivity index (χ2v) is 4.97. The van der Waals surface area contributed by atoms with Gasteiger partial charge in [-0.25, -0.2) is 4.79 Å². The molecule has 0 aliphatic carbocycles. The molecule has 0 saturated heterocycles. The molecule has 1 aromatic heterocycles. The van der Waals surface area contributed by atoms with Crippen molar-refractivity contribution in [3.05, 3.63) is 59.2 Å². The number of hydrogen-bond acceptors (Lipinski definition) is 2. The van der Waals surface area contributed by atoms with E-state index in [1.54, 1.807) is 6.20 Å². The number of nitrogens with zero attached hydrogens (tertiary/aromatic N) is 2. The predicted molar refractivity (Wildman–Crippen MR) is 78.3 cm³/mol. The van der Waals surface area contributed by atoms with Crippen molar-refractivity contribution in [3.63, 3.8) is 0 Å². The van der Waals surface area contributed by atoms with Crippen molar-refractivity contribution in [3.8, 4) is 0 Å². The van der Waals surface area contributed by atoms with E-state index in [1.165, 1.54) is 4.68 Å². The highest BCUT2D eigenvalue weighted by atomic mass is 79.9. The van der Waals surface area contributed by atoms with Gasteiger partial charge in [-0.05, 0) is 24.3 Å². The molecular weight excluding hydrogens is 306 g/mol. The highest BCUT2D eigenvalue weighted by Crippen LogP contribution is 2.17. The van der Waals surface area contributed by atoms with Gasteiger partial charge in [0.25, 0.3) is 0 Å². The van der Waals surface area contributed by atoms with Crippen LogP contribution in [-0.4, -0.2) is 15.8 Å². The van der Waals surface area contributed by atoms with Crippen molar-refractivity contribution >= 4 is 38.6 Å². The molecule has 19 heavy (non-hydrogen) atoms. The van der Waals surface area contributed by atoms with Gasteiger partial charge in [0, 0.05) is 15.5 Å². The van der Waals surface area contributed by atoms with Crippen molar-refractivity contribution in [2.75, 3.05) is 5.32 Å². The maximum Gasteiger partial charge on any atom is 0.347 e. The number of benzene rings is 2. The van der Waals surface area contributed by atoms with E-state index in [0.29, 0.717) is 0 Å². The number of fused-ring (bicyclic) bond motifs is 1. The fraction of sp³-hybridized carbons (Fsp3) is 0. The predicted octanol–water partition coefficient (Wildman–Crippen LogP) is 3.88. The van der Waals surface area contributed by atoms with E-state index in [9.17, 15) is 4.79 Å². The van der Waals surface area contributed by atoms with Gasteiger partial charge in [-0.1, -0.05) is 40.2 Å². The summed E-state index contributed by atoms with van der Waals surface area (Å²) < 4.78 is 2.27. The zero-order chi connectivity index (χ0) is 13.2. The smallest absolute Gasteiger partial charge is 0.306 e. The molecule has 0 aliphatic rings. The number of amides is 1. The molecule has 0 saturated carbocycles. The first-order valence-corrected chi connectivity index (χ1v) is 6.53. The molecule has 3 aromatic rings. The van der Waals surface area contributed by atoms with Crippen molar-refractivity contribution in [2.24, 2.45) is 0 Å². The summed E-state index contributed by atoms with van der Waals surface area (Å²) in [5.74, 6) is 0. The third kappa shape index (κ3) is 2.37. The summed E-state index contributed by atoms with van der Waals surface area (Å²) in [6.45, 7) is 0. The average molecular weight is 316 g/mol. The van der Waals surface area contributed by atoms with Crippen LogP contribution in [0.25, 0.3) is 10.9 Å². The third-order valence-corrected chi connectivity index (χ3v) is 3.24. The standard InChI is InChI=1S/C14H10BrN3O/c15-11-5-3-6-12(8-11)17-14(19)18-13-7-2-1-4-10(13)9-16-18/h1-9H,(H,17,19). The van der Waals surface area contributed by atoms with Crippen LogP contribution < -0.4 is 5.32 Å². The number of anilines is 1. The van der Waals surface area contributed by atoms with E-state index >= 15 is 0 Å². The Morgan fingerprint density at radius 2 is 2.00 bits per heavy atom. The number of carbonyl (C=O) groups is 1. The first-order chi connectivity index (χ1) is 9.24. The minimum absolute atomic E-state index is 0.278. The molecule has 4 nitrogen and oxygen atoms in total. The van der Waals surface area contributed by atoms with Crippen molar-refractivity contribution < 1.29 is 4.79 Å². The van der Waals surface area contributed by atoms with E-state index < -0.39 is 0 Å². The summed E-state index contributed by atoms with van der Waals surface area (Å²) in [6, 6.07) is 14.7. The van der Waals surface area contributed by atoms with E-state index in [0.717, 1.165) is 21.1 Å². The molecule has 0 aliphatic heterocycles. The molecule has 3 rings (SSSR count). The molecule has 1 N–H and O–H groups in total. The summed E-state index contributed by atoms with van der Waals surface area (Å²) >= 11 is 3.37. The Morgan fingerprint density at radius 1 is 1.16 bits per heavy atom. The van der Waals surface area contributed by atoms with Crippen LogP contribution in [0.3, 0.4) is 0 Å². The van der Waals surface area contributed by atoms with Crippen molar-refractivity contribution in [1.29, 1.82) is 0 Å². The average Bonchev–Trinajstić information content (AvgIpc) is 2.82. The van der Waals surface area contributed by atoms with E-state index in [2.05, 4.69) is 26.3 Å². The molecule has 0 atom stereocenters. The molecule has 0 radical (unpaired) electrons. The Morgan fingerprint density at radius 3 is 2.84 bits per heavy atom. The maximum atomic E-state index is 12.2. The second-order valence-electron chi connectivity index (χ2n) is 4.06.